The van der Waals surface area contributed by atoms with Crippen LogP contribution in [0.3, 0.4) is 0 Å². The van der Waals surface area contributed by atoms with Crippen molar-refractivity contribution in [3.05, 3.63) is 35.8 Å². The topological polar surface area (TPSA) is 24.9 Å². The van der Waals surface area contributed by atoms with E-state index >= 15 is 0 Å². The summed E-state index contributed by atoms with van der Waals surface area (Å²) in [5.41, 5.74) is 2.26. The van der Waals surface area contributed by atoms with E-state index in [1.165, 1.54) is 0 Å². The molecule has 0 aliphatic carbocycles. The molecule has 0 saturated heterocycles. The summed E-state index contributed by atoms with van der Waals surface area (Å²) in [6, 6.07) is 3.95. The van der Waals surface area contributed by atoms with Gasteiger partial charge in [-0.15, -0.1) is 0 Å². The van der Waals surface area contributed by atoms with Gasteiger partial charge in [0, 0.05) is 25.1 Å². The maximum Gasteiger partial charge on any atom is 0.0340 e. The Morgan fingerprint density at radius 1 is 1.64 bits per heavy atom. The van der Waals surface area contributed by atoms with Crippen LogP contribution >= 0.6 is 0 Å². The lowest BCUT2D eigenvalue weighted by Gasteiger charge is -1.97. The normalized spacial score (nSPS) is 11.3. The molecule has 0 aromatic carbocycles. The molecule has 0 bridgehead atoms. The van der Waals surface area contributed by atoms with Gasteiger partial charge >= 0.3 is 0 Å². The Hall–Kier alpha value is -1.31. The van der Waals surface area contributed by atoms with Gasteiger partial charge in [-0.05, 0) is 24.6 Å². The number of nitrogens with zero attached hydrogens (tertiary/aromatic N) is 1. The van der Waals surface area contributed by atoms with Crippen molar-refractivity contribution in [1.82, 2.24) is 10.3 Å². The van der Waals surface area contributed by atoms with Gasteiger partial charge in [0.1, 0.15) is 0 Å². The fourth-order valence-corrected chi connectivity index (χ4v) is 0.784. The van der Waals surface area contributed by atoms with E-state index in [4.69, 9.17) is 0 Å². The van der Waals surface area contributed by atoms with Crippen LogP contribution in [0.25, 0.3) is 6.08 Å². The number of rotatable bonds is 2. The highest BCUT2D eigenvalue weighted by atomic mass is 14.8. The lowest BCUT2D eigenvalue weighted by Crippen LogP contribution is -2.00. The molecule has 0 amide bonds. The smallest absolute Gasteiger partial charge is 0.0340 e. The molecule has 0 radical (unpaired) electrons. The average molecular weight is 148 g/mol. The number of allylic oxidation sites excluding steroid dienone is 1. The Balaban J connectivity index is 2.79. The second-order valence-electron chi connectivity index (χ2n) is 2.36. The first-order valence-electron chi connectivity index (χ1n) is 3.59. The molecule has 0 spiro atoms. The van der Waals surface area contributed by atoms with Crippen molar-refractivity contribution in [1.29, 1.82) is 0 Å². The second kappa shape index (κ2) is 3.76. The van der Waals surface area contributed by atoms with Crippen LogP contribution in [0.2, 0.25) is 0 Å². The number of aromatic nitrogens is 1. The van der Waals surface area contributed by atoms with Crippen LogP contribution in [0.5, 0.6) is 0 Å². The molecule has 1 aromatic rings. The van der Waals surface area contributed by atoms with Gasteiger partial charge in [0.2, 0.25) is 0 Å². The van der Waals surface area contributed by atoms with E-state index < -0.39 is 0 Å². The average Bonchev–Trinajstić information content (AvgIpc) is 2.06. The van der Waals surface area contributed by atoms with E-state index in [0.29, 0.717) is 0 Å². The lowest BCUT2D eigenvalue weighted by molar-refractivity contribution is 1.00. The molecule has 2 nitrogen and oxygen atoms in total. The highest BCUT2D eigenvalue weighted by Gasteiger charge is 1.85. The van der Waals surface area contributed by atoms with Crippen LogP contribution in [-0.4, -0.2) is 12.0 Å². The van der Waals surface area contributed by atoms with Gasteiger partial charge in [-0.3, -0.25) is 4.98 Å². The molecule has 1 aromatic heterocycles. The molecule has 11 heavy (non-hydrogen) atoms. The minimum Gasteiger partial charge on any atom is -0.392 e. The summed E-state index contributed by atoms with van der Waals surface area (Å²) in [6.07, 6.45) is 5.65. The molecule has 1 N–H and O–H groups in total. The Kier molecular flexibility index (Phi) is 2.66. The summed E-state index contributed by atoms with van der Waals surface area (Å²) in [7, 11) is 1.90. The van der Waals surface area contributed by atoms with Crippen LogP contribution < -0.4 is 5.32 Å². The van der Waals surface area contributed by atoms with Crippen molar-refractivity contribution in [2.75, 3.05) is 7.05 Å². The van der Waals surface area contributed by atoms with Crippen molar-refractivity contribution in [2.24, 2.45) is 0 Å². The van der Waals surface area contributed by atoms with Crippen LogP contribution in [0.1, 0.15) is 12.5 Å². The summed E-state index contributed by atoms with van der Waals surface area (Å²) in [5, 5.41) is 3.05. The summed E-state index contributed by atoms with van der Waals surface area (Å²) in [6.45, 7) is 2.02. The molecule has 0 saturated carbocycles. The predicted octanol–water partition coefficient (Wildman–Crippen LogP) is 1.66. The van der Waals surface area contributed by atoms with Gasteiger partial charge < -0.3 is 5.32 Å². The van der Waals surface area contributed by atoms with E-state index in [1.807, 2.05) is 38.4 Å². The van der Waals surface area contributed by atoms with E-state index in [-0.39, 0.29) is 0 Å². The fourth-order valence-electron chi connectivity index (χ4n) is 0.784. The van der Waals surface area contributed by atoms with Crippen LogP contribution in [0.15, 0.2) is 30.2 Å². The van der Waals surface area contributed by atoms with Gasteiger partial charge in [0.25, 0.3) is 0 Å². The van der Waals surface area contributed by atoms with Crippen LogP contribution in [0.4, 0.5) is 0 Å². The zero-order valence-corrected chi connectivity index (χ0v) is 6.83. The number of pyridine rings is 1. The molecule has 0 aliphatic rings. The summed E-state index contributed by atoms with van der Waals surface area (Å²) in [5.74, 6) is 0. The Morgan fingerprint density at radius 2 is 2.45 bits per heavy atom. The van der Waals surface area contributed by atoms with Crippen molar-refractivity contribution >= 4 is 6.08 Å². The highest BCUT2D eigenvalue weighted by Crippen LogP contribution is 2.00. The summed E-state index contributed by atoms with van der Waals surface area (Å²) >= 11 is 0. The maximum atomic E-state index is 4.00. The van der Waals surface area contributed by atoms with Crippen LogP contribution in [-0.2, 0) is 0 Å². The lowest BCUT2D eigenvalue weighted by atomic mass is 10.2. The minimum absolute atomic E-state index is 1.12. The van der Waals surface area contributed by atoms with E-state index in [0.717, 1.165) is 11.3 Å². The number of hydrogen-bond donors (Lipinski definition) is 1. The number of hydrogen-bond acceptors (Lipinski definition) is 2. The van der Waals surface area contributed by atoms with Crippen molar-refractivity contribution in [3.8, 4) is 0 Å². The van der Waals surface area contributed by atoms with Crippen molar-refractivity contribution < 1.29 is 0 Å². The quantitative estimate of drug-likeness (QED) is 0.690. The fraction of sp³-hybridized carbons (Fsp3) is 0.222. The molecule has 0 aliphatic heterocycles. The maximum absolute atomic E-state index is 4.00. The zero-order valence-electron chi connectivity index (χ0n) is 6.83. The third-order valence-electron chi connectivity index (χ3n) is 1.46. The van der Waals surface area contributed by atoms with Gasteiger partial charge in [-0.2, -0.15) is 0 Å². The van der Waals surface area contributed by atoms with E-state index in [1.54, 1.807) is 6.20 Å². The molecule has 0 atom stereocenters. The first-order valence-corrected chi connectivity index (χ1v) is 3.59. The zero-order chi connectivity index (χ0) is 8.10. The molecule has 0 unspecified atom stereocenters. The van der Waals surface area contributed by atoms with E-state index in [2.05, 4.69) is 10.3 Å². The molecular weight excluding hydrogens is 136 g/mol. The SMILES string of the molecule is CN/C(C)=C/c1cccnc1. The Morgan fingerprint density at radius 3 is 3.00 bits per heavy atom. The third kappa shape index (κ3) is 2.42. The Bertz CT molecular complexity index is 239. The molecule has 0 fully saturated rings. The summed E-state index contributed by atoms with van der Waals surface area (Å²) < 4.78 is 0. The molecular formula is C9H12N2. The van der Waals surface area contributed by atoms with E-state index in [9.17, 15) is 0 Å². The second-order valence-corrected chi connectivity index (χ2v) is 2.36. The van der Waals surface area contributed by atoms with Gasteiger partial charge in [0.05, 0.1) is 0 Å². The van der Waals surface area contributed by atoms with Crippen molar-refractivity contribution in [3.63, 3.8) is 0 Å². The highest BCUT2D eigenvalue weighted by molar-refractivity contribution is 5.50. The standard InChI is InChI=1S/C9H12N2/c1-8(10-2)6-9-4-3-5-11-7-9/h3-7,10H,1-2H3/b8-6+. The van der Waals surface area contributed by atoms with Crippen molar-refractivity contribution in [2.45, 2.75) is 6.92 Å². The van der Waals surface area contributed by atoms with Gasteiger partial charge in [-0.1, -0.05) is 6.07 Å². The molecule has 58 valence electrons. The molecule has 2 heteroatoms. The third-order valence-corrected chi connectivity index (χ3v) is 1.46. The predicted molar refractivity (Wildman–Crippen MR) is 46.9 cm³/mol. The monoisotopic (exact) mass is 148 g/mol. The summed E-state index contributed by atoms with van der Waals surface area (Å²) in [4.78, 5) is 4.00. The number of nitrogens with one attached hydrogen (secondary N) is 1. The minimum atomic E-state index is 1.12. The first kappa shape index (κ1) is 7.79. The van der Waals surface area contributed by atoms with Gasteiger partial charge in [0.15, 0.2) is 0 Å². The molecule has 1 heterocycles. The van der Waals surface area contributed by atoms with Gasteiger partial charge in [-0.25, -0.2) is 0 Å². The molecule has 1 rings (SSSR count). The van der Waals surface area contributed by atoms with Crippen LogP contribution in [0, 0.1) is 0 Å². The first-order chi connectivity index (χ1) is 5.33. The Labute approximate surface area is 67.0 Å². The largest absolute Gasteiger partial charge is 0.392 e.